The van der Waals surface area contributed by atoms with Gasteiger partial charge in [-0.25, -0.2) is 0 Å². The van der Waals surface area contributed by atoms with Gasteiger partial charge in [-0.05, 0) is 62.6 Å². The van der Waals surface area contributed by atoms with E-state index in [1.54, 1.807) is 0 Å². The molecule has 0 radical (unpaired) electrons. The number of likely N-dealkylation sites (tertiary alicyclic amines) is 1. The normalized spacial score (nSPS) is 26.3. The summed E-state index contributed by atoms with van der Waals surface area (Å²) in [5, 5.41) is 0. The monoisotopic (exact) mass is 326 g/mol. The first-order valence-electron chi connectivity index (χ1n) is 9.00. The minimum Gasteiger partial charge on any atom is -0.378 e. The van der Waals surface area contributed by atoms with Crippen molar-refractivity contribution in [3.63, 3.8) is 0 Å². The van der Waals surface area contributed by atoms with Crippen LogP contribution >= 0.6 is 11.8 Å². The van der Waals surface area contributed by atoms with Crippen molar-refractivity contribution in [3.8, 4) is 0 Å². The molecule has 3 fully saturated rings. The fourth-order valence-electron chi connectivity index (χ4n) is 3.96. The van der Waals surface area contributed by atoms with Crippen LogP contribution in [0.4, 0.5) is 0 Å². The molecule has 0 saturated carbocycles. The van der Waals surface area contributed by atoms with E-state index in [0.717, 1.165) is 37.9 Å². The minimum atomic E-state index is 0.343. The van der Waals surface area contributed by atoms with Gasteiger partial charge in [-0.15, -0.1) is 0 Å². The van der Waals surface area contributed by atoms with Crippen LogP contribution in [0.25, 0.3) is 0 Å². The van der Waals surface area contributed by atoms with E-state index in [1.807, 2.05) is 4.90 Å². The van der Waals surface area contributed by atoms with Crippen molar-refractivity contribution in [3.05, 3.63) is 0 Å². The molecule has 0 unspecified atom stereocenters. The van der Waals surface area contributed by atoms with Crippen LogP contribution in [0.3, 0.4) is 0 Å². The molecule has 3 aliphatic rings. The van der Waals surface area contributed by atoms with Gasteiger partial charge >= 0.3 is 0 Å². The average molecular weight is 327 g/mol. The van der Waals surface area contributed by atoms with Crippen molar-refractivity contribution in [2.45, 2.75) is 44.6 Å². The van der Waals surface area contributed by atoms with Crippen LogP contribution in [0.2, 0.25) is 0 Å². The predicted octanol–water partition coefficient (Wildman–Crippen LogP) is 2.23. The van der Waals surface area contributed by atoms with Crippen molar-refractivity contribution in [2.75, 3.05) is 50.9 Å². The number of nitrogens with zero attached hydrogens (tertiary/aromatic N) is 2. The number of rotatable bonds is 4. The lowest BCUT2D eigenvalue weighted by Gasteiger charge is -2.39. The molecule has 3 aliphatic heterocycles. The first kappa shape index (κ1) is 16.6. The molecule has 22 heavy (non-hydrogen) atoms. The van der Waals surface area contributed by atoms with E-state index in [1.165, 1.54) is 50.3 Å². The zero-order valence-electron chi connectivity index (χ0n) is 13.7. The highest BCUT2D eigenvalue weighted by atomic mass is 32.2. The van der Waals surface area contributed by atoms with Gasteiger partial charge in [0.05, 0.1) is 13.2 Å². The lowest BCUT2D eigenvalue weighted by Crippen LogP contribution is -2.43. The molecule has 3 heterocycles. The highest BCUT2D eigenvalue weighted by Crippen LogP contribution is 2.28. The van der Waals surface area contributed by atoms with Crippen LogP contribution in [0, 0.1) is 5.92 Å². The predicted molar refractivity (Wildman–Crippen MR) is 91.3 cm³/mol. The minimum absolute atomic E-state index is 0.343. The van der Waals surface area contributed by atoms with Gasteiger partial charge in [0.25, 0.3) is 0 Å². The standard InChI is InChI=1S/C17H30N2O2S/c20-17(19-9-11-21-12-10-19)2-1-15-3-7-18(8-4-15)16-5-13-22-14-6-16/h15-16H,1-14H2. The second-order valence-electron chi connectivity index (χ2n) is 6.85. The molecule has 3 rings (SSSR count). The van der Waals surface area contributed by atoms with Gasteiger partial charge in [0.2, 0.25) is 5.91 Å². The Labute approximate surface area is 138 Å². The summed E-state index contributed by atoms with van der Waals surface area (Å²) < 4.78 is 5.31. The lowest BCUT2D eigenvalue weighted by atomic mass is 9.90. The van der Waals surface area contributed by atoms with Crippen LogP contribution in [-0.4, -0.2) is 72.6 Å². The number of carbonyl (C=O) groups is 1. The van der Waals surface area contributed by atoms with Crippen LogP contribution < -0.4 is 0 Å². The molecule has 0 aromatic rings. The van der Waals surface area contributed by atoms with Crippen LogP contribution in [0.15, 0.2) is 0 Å². The third-order valence-corrected chi connectivity index (χ3v) is 6.54. The average Bonchev–Trinajstić information content (AvgIpc) is 2.61. The SMILES string of the molecule is O=C(CCC1CCN(C2CCSCC2)CC1)N1CCOCC1. The Morgan fingerprint density at radius 3 is 2.36 bits per heavy atom. The number of hydrogen-bond acceptors (Lipinski definition) is 4. The number of amides is 1. The van der Waals surface area contributed by atoms with Crippen LogP contribution in [0.5, 0.6) is 0 Å². The first-order valence-corrected chi connectivity index (χ1v) is 10.2. The molecule has 126 valence electrons. The number of ether oxygens (including phenoxy) is 1. The molecule has 4 nitrogen and oxygen atoms in total. The van der Waals surface area contributed by atoms with E-state index < -0.39 is 0 Å². The van der Waals surface area contributed by atoms with E-state index >= 15 is 0 Å². The third kappa shape index (κ3) is 4.62. The Balaban J connectivity index is 1.34. The molecule has 0 aromatic carbocycles. The van der Waals surface area contributed by atoms with E-state index in [-0.39, 0.29) is 0 Å². The number of piperidine rings is 1. The van der Waals surface area contributed by atoms with Crippen LogP contribution in [-0.2, 0) is 9.53 Å². The van der Waals surface area contributed by atoms with Gasteiger partial charge < -0.3 is 14.5 Å². The maximum Gasteiger partial charge on any atom is 0.222 e. The van der Waals surface area contributed by atoms with E-state index in [2.05, 4.69) is 16.7 Å². The summed E-state index contributed by atoms with van der Waals surface area (Å²) in [6.45, 7) is 5.51. The Kier molecular flexibility index (Phi) is 6.45. The van der Waals surface area contributed by atoms with Gasteiger partial charge in [0.1, 0.15) is 0 Å². The smallest absolute Gasteiger partial charge is 0.222 e. The summed E-state index contributed by atoms with van der Waals surface area (Å²) >= 11 is 2.11. The molecule has 5 heteroatoms. The van der Waals surface area contributed by atoms with Gasteiger partial charge in [0.15, 0.2) is 0 Å². The van der Waals surface area contributed by atoms with Crippen molar-refractivity contribution >= 4 is 17.7 Å². The third-order valence-electron chi connectivity index (χ3n) is 5.49. The zero-order valence-corrected chi connectivity index (χ0v) is 14.5. The molecule has 0 spiro atoms. The Bertz CT molecular complexity index is 347. The van der Waals surface area contributed by atoms with E-state index in [4.69, 9.17) is 4.74 Å². The highest BCUT2D eigenvalue weighted by Gasteiger charge is 2.27. The van der Waals surface area contributed by atoms with Gasteiger partial charge in [-0.1, -0.05) is 0 Å². The van der Waals surface area contributed by atoms with Crippen molar-refractivity contribution in [1.29, 1.82) is 0 Å². The van der Waals surface area contributed by atoms with Crippen molar-refractivity contribution < 1.29 is 9.53 Å². The largest absolute Gasteiger partial charge is 0.378 e. The summed E-state index contributed by atoms with van der Waals surface area (Å²) in [5.74, 6) is 3.80. The number of carbonyl (C=O) groups excluding carboxylic acids is 1. The van der Waals surface area contributed by atoms with Gasteiger partial charge in [0, 0.05) is 25.6 Å². The summed E-state index contributed by atoms with van der Waals surface area (Å²) in [4.78, 5) is 16.9. The molecule has 0 aliphatic carbocycles. The Hall–Kier alpha value is -0.260. The van der Waals surface area contributed by atoms with Gasteiger partial charge in [-0.3, -0.25) is 4.79 Å². The van der Waals surface area contributed by atoms with E-state index in [0.29, 0.717) is 19.1 Å². The summed E-state index contributed by atoms with van der Waals surface area (Å²) in [7, 11) is 0. The molecule has 0 aromatic heterocycles. The fourth-order valence-corrected chi connectivity index (χ4v) is 5.04. The summed E-state index contributed by atoms with van der Waals surface area (Å²) in [6, 6.07) is 0.845. The quantitative estimate of drug-likeness (QED) is 0.793. The lowest BCUT2D eigenvalue weighted by molar-refractivity contribution is -0.135. The molecule has 3 saturated heterocycles. The molecule has 0 N–H and O–H groups in total. The molecular formula is C17H30N2O2S. The van der Waals surface area contributed by atoms with Crippen molar-refractivity contribution in [2.24, 2.45) is 5.92 Å². The number of thioether (sulfide) groups is 1. The molecular weight excluding hydrogens is 296 g/mol. The maximum atomic E-state index is 12.2. The fraction of sp³-hybridized carbons (Fsp3) is 0.941. The second-order valence-corrected chi connectivity index (χ2v) is 8.08. The molecule has 0 bridgehead atoms. The Morgan fingerprint density at radius 2 is 1.68 bits per heavy atom. The van der Waals surface area contributed by atoms with Crippen LogP contribution in [0.1, 0.15) is 38.5 Å². The number of morpholine rings is 1. The van der Waals surface area contributed by atoms with E-state index in [9.17, 15) is 4.79 Å². The molecule has 0 atom stereocenters. The number of hydrogen-bond donors (Lipinski definition) is 0. The topological polar surface area (TPSA) is 32.8 Å². The summed E-state index contributed by atoms with van der Waals surface area (Å²) in [5.41, 5.74) is 0. The first-order chi connectivity index (χ1) is 10.8. The Morgan fingerprint density at radius 1 is 1.00 bits per heavy atom. The maximum absolute atomic E-state index is 12.2. The highest BCUT2D eigenvalue weighted by molar-refractivity contribution is 7.99. The molecule has 1 amide bonds. The van der Waals surface area contributed by atoms with Gasteiger partial charge in [-0.2, -0.15) is 11.8 Å². The second kappa shape index (κ2) is 8.55. The van der Waals surface area contributed by atoms with Crippen molar-refractivity contribution in [1.82, 2.24) is 9.80 Å². The zero-order chi connectivity index (χ0) is 15.2. The summed E-state index contributed by atoms with van der Waals surface area (Å²) in [6.07, 6.45) is 7.17.